The summed E-state index contributed by atoms with van der Waals surface area (Å²) in [5.41, 5.74) is 2.69. The van der Waals surface area contributed by atoms with Crippen molar-refractivity contribution in [2.24, 2.45) is 4.99 Å². The number of nitrogens with zero attached hydrogens (tertiary/aromatic N) is 3. The number of amides is 1. The Morgan fingerprint density at radius 2 is 2.03 bits per heavy atom. The van der Waals surface area contributed by atoms with Gasteiger partial charge in [0.25, 0.3) is 0 Å². The van der Waals surface area contributed by atoms with E-state index in [0.717, 1.165) is 5.56 Å². The summed E-state index contributed by atoms with van der Waals surface area (Å²) in [7, 11) is 1.30. The first-order valence-corrected chi connectivity index (χ1v) is 11.1. The maximum absolute atomic E-state index is 11.9. The van der Waals surface area contributed by atoms with Crippen LogP contribution in [0.15, 0.2) is 52.0 Å². The number of thioether (sulfide) groups is 1. The van der Waals surface area contributed by atoms with Gasteiger partial charge in [-0.2, -0.15) is 4.98 Å². The summed E-state index contributed by atoms with van der Waals surface area (Å²) in [6.45, 7) is 3.96. The number of benzene rings is 2. The lowest BCUT2D eigenvalue weighted by Crippen LogP contribution is -2.38. The summed E-state index contributed by atoms with van der Waals surface area (Å²) >= 11 is 1.38. The van der Waals surface area contributed by atoms with Crippen molar-refractivity contribution in [2.75, 3.05) is 20.0 Å². The predicted octanol–water partition coefficient (Wildman–Crippen LogP) is 4.32. The maximum Gasteiger partial charge on any atom is 0.408 e. The van der Waals surface area contributed by atoms with Crippen molar-refractivity contribution < 1.29 is 23.9 Å². The number of rotatable bonds is 8. The van der Waals surface area contributed by atoms with Crippen LogP contribution in [0, 0.1) is 6.92 Å². The molecule has 1 heterocycles. The van der Waals surface area contributed by atoms with Crippen molar-refractivity contribution in [1.29, 1.82) is 0 Å². The highest BCUT2D eigenvalue weighted by Gasteiger charge is 2.21. The zero-order valence-electron chi connectivity index (χ0n) is 18.2. The number of methoxy groups -OCH3 is 1. The molecule has 1 unspecified atom stereocenters. The highest BCUT2D eigenvalue weighted by atomic mass is 32.2. The van der Waals surface area contributed by atoms with Gasteiger partial charge in [0.1, 0.15) is 5.37 Å². The Kier molecular flexibility index (Phi) is 7.72. The molecule has 3 rings (SSSR count). The summed E-state index contributed by atoms with van der Waals surface area (Å²) in [4.78, 5) is 20.9. The second-order valence-corrected chi connectivity index (χ2v) is 7.49. The van der Waals surface area contributed by atoms with Crippen LogP contribution >= 0.6 is 11.8 Å². The number of aliphatic imine (C=N–C) groups is 1. The van der Waals surface area contributed by atoms with Gasteiger partial charge in [-0.25, -0.2) is 9.79 Å². The molecular weight excluding hydrogens is 432 g/mol. The molecule has 2 aromatic carbocycles. The van der Waals surface area contributed by atoms with Crippen LogP contribution in [-0.2, 0) is 4.74 Å². The van der Waals surface area contributed by atoms with Crippen LogP contribution in [0.2, 0.25) is 0 Å². The fourth-order valence-corrected chi connectivity index (χ4v) is 3.49. The summed E-state index contributed by atoms with van der Waals surface area (Å²) < 4.78 is 15.3. The minimum atomic E-state index is -0.580. The van der Waals surface area contributed by atoms with Crippen LogP contribution in [0.25, 0.3) is 11.4 Å². The lowest BCUT2D eigenvalue weighted by atomic mass is 10.1. The Morgan fingerprint density at radius 3 is 2.62 bits per heavy atom. The third-order valence-electron chi connectivity index (χ3n) is 4.38. The monoisotopic (exact) mass is 456 g/mol. The number of phenolic OH excluding ortho intramolecular Hbond substituents is 1. The molecule has 0 saturated heterocycles. The molecule has 2 N–H and O–H groups in total. The molecule has 10 heteroatoms. The van der Waals surface area contributed by atoms with Crippen LogP contribution in [0.1, 0.15) is 18.4 Å². The predicted molar refractivity (Wildman–Crippen MR) is 123 cm³/mol. The van der Waals surface area contributed by atoms with Crippen molar-refractivity contribution >= 4 is 29.3 Å². The molecule has 168 valence electrons. The number of nitrogens with one attached hydrogen (secondary N) is 1. The van der Waals surface area contributed by atoms with E-state index in [1.807, 2.05) is 37.4 Å². The third-order valence-corrected chi connectivity index (χ3v) is 5.19. The standard InChI is InChI=1S/C22H24N4O5S/c1-5-30-18-12-15(8-11-17(18)27)19(21(32-4)25-22(28)29-3)24-16-9-6-14(7-10-16)20-23-13(2)31-26-20/h6-12,21,27H,5H2,1-4H3,(H,25,28). The molecule has 9 nitrogen and oxygen atoms in total. The van der Waals surface area contributed by atoms with Crippen molar-refractivity contribution in [3.8, 4) is 22.9 Å². The number of alkyl carbamates (subject to hydrolysis) is 1. The van der Waals surface area contributed by atoms with E-state index in [9.17, 15) is 9.90 Å². The van der Waals surface area contributed by atoms with Crippen molar-refractivity contribution in [1.82, 2.24) is 15.5 Å². The molecule has 0 aliphatic carbocycles. The molecular formula is C22H24N4O5S. The molecule has 32 heavy (non-hydrogen) atoms. The van der Waals surface area contributed by atoms with Crippen LogP contribution in [0.4, 0.5) is 10.5 Å². The van der Waals surface area contributed by atoms with Crippen LogP contribution in [0.5, 0.6) is 11.5 Å². The van der Waals surface area contributed by atoms with E-state index in [1.165, 1.54) is 24.9 Å². The molecule has 0 aliphatic heterocycles. The summed E-state index contributed by atoms with van der Waals surface area (Å²) in [6, 6.07) is 12.3. The third kappa shape index (κ3) is 5.58. The van der Waals surface area contributed by atoms with Gasteiger partial charge < -0.3 is 24.4 Å². The minimum Gasteiger partial charge on any atom is -0.504 e. The number of ether oxygens (including phenoxy) is 2. The number of carbonyl (C=O) groups excluding carboxylic acids is 1. The van der Waals surface area contributed by atoms with Gasteiger partial charge >= 0.3 is 6.09 Å². The molecule has 0 saturated carbocycles. The van der Waals surface area contributed by atoms with Gasteiger partial charge in [-0.1, -0.05) is 5.16 Å². The fourth-order valence-electron chi connectivity index (χ4n) is 2.86. The van der Waals surface area contributed by atoms with Crippen molar-refractivity contribution in [3.63, 3.8) is 0 Å². The SMILES string of the molecule is CCOc1cc(C(=Nc2ccc(-c3noc(C)n3)cc2)C(NC(=O)OC)SC)ccc1O. The summed E-state index contributed by atoms with van der Waals surface area (Å²) in [5.74, 6) is 1.33. The quantitative estimate of drug-likeness (QED) is 0.380. The number of hydrogen-bond acceptors (Lipinski definition) is 9. The van der Waals surface area contributed by atoms with E-state index < -0.39 is 11.5 Å². The van der Waals surface area contributed by atoms with Gasteiger partial charge in [-0.3, -0.25) is 0 Å². The molecule has 0 fully saturated rings. The first-order valence-electron chi connectivity index (χ1n) is 9.78. The molecule has 1 atom stereocenters. The molecule has 1 amide bonds. The van der Waals surface area contributed by atoms with E-state index in [2.05, 4.69) is 15.5 Å². The smallest absolute Gasteiger partial charge is 0.408 e. The Hall–Kier alpha value is -3.53. The molecule has 3 aromatic rings. The zero-order chi connectivity index (χ0) is 23.1. The van der Waals surface area contributed by atoms with Gasteiger partial charge in [-0.15, -0.1) is 11.8 Å². The van der Waals surface area contributed by atoms with Gasteiger partial charge in [0.15, 0.2) is 11.5 Å². The topological polar surface area (TPSA) is 119 Å². The van der Waals surface area contributed by atoms with E-state index in [-0.39, 0.29) is 5.75 Å². The Labute approximate surface area is 189 Å². The molecule has 0 radical (unpaired) electrons. The van der Waals surface area contributed by atoms with Gasteiger partial charge in [0.05, 0.1) is 25.1 Å². The Morgan fingerprint density at radius 1 is 1.28 bits per heavy atom. The highest BCUT2D eigenvalue weighted by Crippen LogP contribution is 2.30. The molecule has 1 aromatic heterocycles. The summed E-state index contributed by atoms with van der Waals surface area (Å²) in [6.07, 6.45) is 1.27. The second kappa shape index (κ2) is 10.7. The van der Waals surface area contributed by atoms with Crippen LogP contribution in [-0.4, -0.2) is 52.4 Å². The number of phenols is 1. The normalized spacial score (nSPS) is 12.3. The number of aromatic hydroxyl groups is 1. The van der Waals surface area contributed by atoms with E-state index in [4.69, 9.17) is 19.0 Å². The average molecular weight is 457 g/mol. The van der Waals surface area contributed by atoms with E-state index in [0.29, 0.717) is 41.0 Å². The van der Waals surface area contributed by atoms with Crippen molar-refractivity contribution in [3.05, 3.63) is 53.9 Å². The number of aryl methyl sites for hydroxylation is 1. The van der Waals surface area contributed by atoms with Gasteiger partial charge in [-0.05, 0) is 55.6 Å². The number of carbonyl (C=O) groups is 1. The lowest BCUT2D eigenvalue weighted by Gasteiger charge is -2.19. The van der Waals surface area contributed by atoms with Crippen LogP contribution < -0.4 is 10.1 Å². The van der Waals surface area contributed by atoms with E-state index in [1.54, 1.807) is 19.1 Å². The van der Waals surface area contributed by atoms with E-state index >= 15 is 0 Å². The Balaban J connectivity index is 2.02. The molecule has 0 bridgehead atoms. The average Bonchev–Trinajstić information content (AvgIpc) is 3.24. The first kappa shape index (κ1) is 23.1. The fraction of sp³-hybridized carbons (Fsp3) is 0.273. The number of hydrogen-bond donors (Lipinski definition) is 2. The lowest BCUT2D eigenvalue weighted by molar-refractivity contribution is 0.172. The minimum absolute atomic E-state index is 0.0244. The molecule has 0 aliphatic rings. The Bertz CT molecular complexity index is 1100. The molecule has 0 spiro atoms. The van der Waals surface area contributed by atoms with Gasteiger partial charge in [0, 0.05) is 18.1 Å². The highest BCUT2D eigenvalue weighted by molar-refractivity contribution is 7.99. The van der Waals surface area contributed by atoms with Gasteiger partial charge in [0.2, 0.25) is 11.7 Å². The van der Waals surface area contributed by atoms with Crippen molar-refractivity contribution in [2.45, 2.75) is 19.2 Å². The largest absolute Gasteiger partial charge is 0.504 e. The number of aromatic nitrogens is 2. The summed E-state index contributed by atoms with van der Waals surface area (Å²) in [5, 5.41) is 16.3. The van der Waals surface area contributed by atoms with Crippen LogP contribution in [0.3, 0.4) is 0 Å². The first-order chi connectivity index (χ1) is 15.4. The maximum atomic E-state index is 11.9. The zero-order valence-corrected chi connectivity index (χ0v) is 19.0. The second-order valence-electron chi connectivity index (χ2n) is 6.55.